The summed E-state index contributed by atoms with van der Waals surface area (Å²) in [5, 5.41) is 15.8. The van der Waals surface area contributed by atoms with Crippen molar-refractivity contribution in [2.45, 2.75) is 53.1 Å². The molecule has 0 N–H and O–H groups in total. The van der Waals surface area contributed by atoms with Crippen molar-refractivity contribution in [1.29, 1.82) is 0 Å². The molecule has 6 heteroatoms. The third-order valence-electron chi connectivity index (χ3n) is 14.1. The second kappa shape index (κ2) is 15.1. The summed E-state index contributed by atoms with van der Waals surface area (Å²) in [6.45, 7) is 19.3. The third kappa shape index (κ3) is 6.44. The number of rotatable bonds is 8. The Labute approximate surface area is 397 Å². The van der Waals surface area contributed by atoms with Crippen LogP contribution in [-0.2, 0) is 0 Å². The molecule has 0 aliphatic carbocycles. The minimum atomic E-state index is -1.85. The standard InChI is InChI=1S/C60H53N2S2Si2/c1-37-17-31-47-45-13-9-11-15-53(45)63-59(47)57(37)61(41-23-27-43(28-24-41)65(3,4)5)51-35-21-39-20-34-50-52(36-22-40-19-33-49(51)55(39)56(40)50)62(42-25-29-44(30-26-42)66(6,7)8)58-38(2)18-32-48-46-14-10-12-16-54(46)64-60(48)58/h9-36,65H,1-8H3/q-1. The number of hydrogen-bond acceptors (Lipinski definition) is 4. The van der Waals surface area contributed by atoms with E-state index in [0.29, 0.717) is 0 Å². The first-order valence-electron chi connectivity index (χ1n) is 23.4. The molecular weight excluding hydrogens is 869 g/mol. The molecule has 2 heterocycles. The van der Waals surface area contributed by atoms with Gasteiger partial charge in [0.25, 0.3) is 0 Å². The molecule has 12 rings (SSSR count). The van der Waals surface area contributed by atoms with Crippen LogP contribution in [0.3, 0.4) is 0 Å². The first-order valence-corrected chi connectivity index (χ1v) is 32.6. The molecule has 0 bridgehead atoms. The Morgan fingerprint density at radius 1 is 0.409 bits per heavy atom. The predicted octanol–water partition coefficient (Wildman–Crippen LogP) is 17.7. The van der Waals surface area contributed by atoms with Gasteiger partial charge in [0.15, 0.2) is 0 Å². The fraction of sp³-hybridized carbons (Fsp3) is 0.133. The normalized spacial score (nSPS) is 12.8. The molecule has 12 aromatic rings. The first-order chi connectivity index (χ1) is 31.8. The third-order valence-corrected chi connectivity index (χ3v) is 21.0. The Balaban J connectivity index is 1.14. The number of hydrogen-bond donors (Lipinski definition) is 0. The fourth-order valence-electron chi connectivity index (χ4n) is 10.6. The van der Waals surface area contributed by atoms with E-state index in [2.05, 4.69) is 233 Å². The van der Waals surface area contributed by atoms with Crippen molar-refractivity contribution in [2.24, 2.45) is 0 Å². The molecule has 0 atom stereocenters. The van der Waals surface area contributed by atoms with Crippen LogP contribution >= 0.6 is 22.7 Å². The van der Waals surface area contributed by atoms with Gasteiger partial charge in [0.2, 0.25) is 0 Å². The van der Waals surface area contributed by atoms with Crippen molar-refractivity contribution in [3.05, 3.63) is 181 Å². The zero-order valence-corrected chi connectivity index (χ0v) is 42.7. The molecule has 324 valence electrons. The van der Waals surface area contributed by atoms with E-state index in [1.165, 1.54) is 128 Å². The number of nitrogens with zero attached hydrogens (tertiary/aromatic N) is 2. The first kappa shape index (κ1) is 41.2. The average molecular weight is 922 g/mol. The Kier molecular flexibility index (Phi) is 9.43. The van der Waals surface area contributed by atoms with E-state index in [1.54, 1.807) is 0 Å². The number of fused-ring (bicyclic) bond motifs is 6. The van der Waals surface area contributed by atoms with Crippen LogP contribution in [0, 0.1) is 13.8 Å². The van der Waals surface area contributed by atoms with Crippen LogP contribution in [0.15, 0.2) is 170 Å². The van der Waals surface area contributed by atoms with Crippen LogP contribution in [0.2, 0.25) is 39.3 Å². The van der Waals surface area contributed by atoms with Crippen molar-refractivity contribution in [1.82, 2.24) is 0 Å². The second-order valence-electron chi connectivity index (χ2n) is 20.7. The van der Waals surface area contributed by atoms with Crippen molar-refractivity contribution in [2.75, 3.05) is 9.80 Å². The quantitative estimate of drug-likeness (QED) is 0.111. The maximum absolute atomic E-state index is 2.58. The van der Waals surface area contributed by atoms with Gasteiger partial charge >= 0.3 is 251 Å². The average Bonchev–Trinajstić information content (AvgIpc) is 3.89. The van der Waals surface area contributed by atoms with Gasteiger partial charge in [-0.2, -0.15) is 0 Å². The summed E-state index contributed by atoms with van der Waals surface area (Å²) in [4.78, 5) is 5.15. The van der Waals surface area contributed by atoms with E-state index in [1.807, 2.05) is 22.7 Å². The summed E-state index contributed by atoms with van der Waals surface area (Å²) < 4.78 is 5.28. The number of anilines is 6. The van der Waals surface area contributed by atoms with Gasteiger partial charge in [-0.1, -0.05) is 67.3 Å². The van der Waals surface area contributed by atoms with Crippen LogP contribution in [0.4, 0.5) is 34.1 Å². The van der Waals surface area contributed by atoms with E-state index in [9.17, 15) is 0 Å². The van der Waals surface area contributed by atoms with Gasteiger partial charge in [0.1, 0.15) is 0 Å². The summed E-state index contributed by atoms with van der Waals surface area (Å²) in [5.41, 5.74) is 9.80. The summed E-state index contributed by atoms with van der Waals surface area (Å²) in [6.07, 6.45) is 0. The monoisotopic (exact) mass is 921 g/mol. The zero-order chi connectivity index (χ0) is 45.2. The molecule has 0 unspecified atom stereocenters. The predicted molar refractivity (Wildman–Crippen MR) is 302 cm³/mol. The van der Waals surface area contributed by atoms with Crippen LogP contribution in [0.1, 0.15) is 11.1 Å². The maximum atomic E-state index is 2.58. The summed E-state index contributed by atoms with van der Waals surface area (Å²) in [7, 11) is -3.39. The second-order valence-corrected chi connectivity index (χ2v) is 33.7. The van der Waals surface area contributed by atoms with Gasteiger partial charge in [-0.15, -0.1) is 11.3 Å². The SMILES string of the molecule is Cc1ccc2c(sc3ccccc32)c1N(c1ccc([Si](C)(C)C)cc1)c1ccc2ccc3c(N(c4ccc([SiH-](C)(C)C)cc4)c4c(C)ccc5c4sc4ccccc45)ccc4ccc1c2c43. The van der Waals surface area contributed by atoms with Crippen molar-refractivity contribution < 1.29 is 0 Å². The summed E-state index contributed by atoms with van der Waals surface area (Å²) >= 11 is 3.82. The molecule has 0 amide bonds. The molecule has 10 aromatic carbocycles. The molecule has 0 aliphatic heterocycles. The van der Waals surface area contributed by atoms with E-state index in [-0.39, 0.29) is 0 Å². The molecule has 0 saturated heterocycles. The van der Waals surface area contributed by atoms with Crippen LogP contribution in [-0.4, -0.2) is 16.1 Å². The van der Waals surface area contributed by atoms with Crippen molar-refractivity contribution in [3.63, 3.8) is 0 Å². The van der Waals surface area contributed by atoms with Gasteiger partial charge in [-0.25, -0.2) is 0 Å². The molecule has 2 nitrogen and oxygen atoms in total. The molecule has 0 fully saturated rings. The van der Waals surface area contributed by atoms with Crippen molar-refractivity contribution in [3.8, 4) is 0 Å². The van der Waals surface area contributed by atoms with Gasteiger partial charge in [-0.05, 0) is 30.7 Å². The molecule has 0 spiro atoms. The Morgan fingerprint density at radius 2 is 0.818 bits per heavy atom. The van der Waals surface area contributed by atoms with E-state index in [0.717, 1.165) is 0 Å². The number of aryl methyl sites for hydroxylation is 2. The molecule has 0 radical (unpaired) electrons. The van der Waals surface area contributed by atoms with Gasteiger partial charge in [-0.3, -0.25) is 0 Å². The van der Waals surface area contributed by atoms with E-state index >= 15 is 0 Å². The Hall–Kier alpha value is -6.29. The van der Waals surface area contributed by atoms with Crippen LogP contribution in [0.25, 0.3) is 72.7 Å². The molecule has 0 aliphatic rings. The number of benzene rings is 10. The topological polar surface area (TPSA) is 6.48 Å². The molecule has 0 saturated carbocycles. The van der Waals surface area contributed by atoms with Crippen LogP contribution < -0.4 is 20.2 Å². The van der Waals surface area contributed by atoms with Gasteiger partial charge in [0, 0.05) is 21.2 Å². The van der Waals surface area contributed by atoms with Crippen LogP contribution in [0.5, 0.6) is 0 Å². The van der Waals surface area contributed by atoms with Crippen molar-refractivity contribution >= 4 is 156 Å². The van der Waals surface area contributed by atoms with E-state index in [4.69, 9.17) is 0 Å². The van der Waals surface area contributed by atoms with E-state index < -0.39 is 16.1 Å². The molecular formula is C60H53N2S2Si2-. The Morgan fingerprint density at radius 3 is 1.26 bits per heavy atom. The summed E-state index contributed by atoms with van der Waals surface area (Å²) in [5.74, 6) is 0. The fourth-order valence-corrected chi connectivity index (χ4v) is 15.6. The minimum absolute atomic E-state index is 1.18. The number of thiophene rings is 2. The zero-order valence-electron chi connectivity index (χ0n) is 39.0. The summed E-state index contributed by atoms with van der Waals surface area (Å²) in [6, 6.07) is 65.2. The molecule has 66 heavy (non-hydrogen) atoms. The van der Waals surface area contributed by atoms with Gasteiger partial charge in [0.05, 0.1) is 18.5 Å². The Bertz CT molecular complexity index is 3610. The van der Waals surface area contributed by atoms with Gasteiger partial charge < -0.3 is 0 Å². The molecule has 2 aromatic heterocycles.